The predicted octanol–water partition coefficient (Wildman–Crippen LogP) is 4.19. The summed E-state index contributed by atoms with van der Waals surface area (Å²) in [5.74, 6) is 5.60. The Morgan fingerprint density at radius 3 is 2.23 bits per heavy atom. The van der Waals surface area contributed by atoms with E-state index in [0.29, 0.717) is 11.4 Å². The molecule has 0 aliphatic carbocycles. The molecule has 0 bridgehead atoms. The van der Waals surface area contributed by atoms with Gasteiger partial charge in [-0.2, -0.15) is 5.10 Å². The molecule has 1 N–H and O–H groups in total. The van der Waals surface area contributed by atoms with Gasteiger partial charge in [-0.05, 0) is 49.4 Å². The summed E-state index contributed by atoms with van der Waals surface area (Å²) in [6, 6.07) is 27.6. The zero-order chi connectivity index (χ0) is 21.6. The average Bonchev–Trinajstić information content (AvgIpc) is 2.79. The van der Waals surface area contributed by atoms with Gasteiger partial charge in [0.2, 0.25) is 5.43 Å². The molecule has 1 aromatic heterocycles. The van der Waals surface area contributed by atoms with Crippen LogP contribution in [0.15, 0.2) is 95.8 Å². The molecule has 31 heavy (non-hydrogen) atoms. The fourth-order valence-electron chi connectivity index (χ4n) is 3.07. The maximum atomic E-state index is 12.8. The van der Waals surface area contributed by atoms with Gasteiger partial charge in [0.25, 0.3) is 5.91 Å². The van der Waals surface area contributed by atoms with Crippen LogP contribution in [0.1, 0.15) is 27.3 Å². The highest BCUT2D eigenvalue weighted by Crippen LogP contribution is 2.12. The molecule has 0 fully saturated rings. The second kappa shape index (κ2) is 8.93. The van der Waals surface area contributed by atoms with Crippen LogP contribution in [0.25, 0.3) is 5.69 Å². The van der Waals surface area contributed by atoms with Crippen molar-refractivity contribution in [3.8, 4) is 17.5 Å². The van der Waals surface area contributed by atoms with Crippen molar-refractivity contribution in [3.63, 3.8) is 0 Å². The summed E-state index contributed by atoms with van der Waals surface area (Å²) in [7, 11) is 0. The van der Waals surface area contributed by atoms with Crippen molar-refractivity contribution in [1.29, 1.82) is 0 Å². The molecule has 5 nitrogen and oxygen atoms in total. The normalized spacial score (nSPS) is 10.1. The van der Waals surface area contributed by atoms with E-state index in [0.717, 1.165) is 16.8 Å². The number of nitrogens with zero attached hydrogens (tertiary/aromatic N) is 2. The molecular formula is C26H19N3O2. The number of carbonyl (C=O) groups excluding carboxylic acids is 1. The molecule has 1 heterocycles. The highest BCUT2D eigenvalue weighted by Gasteiger charge is 2.15. The van der Waals surface area contributed by atoms with E-state index in [1.54, 1.807) is 29.8 Å². The highest BCUT2D eigenvalue weighted by atomic mass is 16.2. The summed E-state index contributed by atoms with van der Waals surface area (Å²) in [6.07, 6.45) is 0. The van der Waals surface area contributed by atoms with Crippen molar-refractivity contribution in [2.45, 2.75) is 6.92 Å². The number of carbonyl (C=O) groups is 1. The number of anilines is 1. The van der Waals surface area contributed by atoms with Crippen LogP contribution in [0, 0.1) is 18.8 Å². The Kier molecular flexibility index (Phi) is 5.72. The molecule has 0 aliphatic heterocycles. The van der Waals surface area contributed by atoms with Crippen LogP contribution in [0.5, 0.6) is 0 Å². The van der Waals surface area contributed by atoms with Gasteiger partial charge in [-0.25, -0.2) is 4.68 Å². The Labute approximate surface area is 180 Å². The molecule has 0 saturated carbocycles. The first-order valence-electron chi connectivity index (χ1n) is 9.75. The van der Waals surface area contributed by atoms with E-state index in [2.05, 4.69) is 22.3 Å². The Balaban J connectivity index is 1.59. The fraction of sp³-hybridized carbons (Fsp3) is 0.0385. The number of aryl methyl sites for hydroxylation is 1. The van der Waals surface area contributed by atoms with Crippen LogP contribution in [-0.4, -0.2) is 15.7 Å². The van der Waals surface area contributed by atoms with Crippen LogP contribution < -0.4 is 10.7 Å². The van der Waals surface area contributed by atoms with Crippen LogP contribution in [0.4, 0.5) is 5.69 Å². The van der Waals surface area contributed by atoms with Gasteiger partial charge in [0.1, 0.15) is 0 Å². The third kappa shape index (κ3) is 4.77. The van der Waals surface area contributed by atoms with E-state index in [1.807, 2.05) is 66.7 Å². The van der Waals surface area contributed by atoms with E-state index >= 15 is 0 Å². The third-order valence-electron chi connectivity index (χ3n) is 4.57. The summed E-state index contributed by atoms with van der Waals surface area (Å²) in [5.41, 5.74) is 3.01. The summed E-state index contributed by atoms with van der Waals surface area (Å²) >= 11 is 0. The largest absolute Gasteiger partial charge is 0.320 e. The fourth-order valence-corrected chi connectivity index (χ4v) is 3.07. The maximum absolute atomic E-state index is 12.8. The molecule has 0 atom stereocenters. The van der Waals surface area contributed by atoms with Crippen LogP contribution >= 0.6 is 0 Å². The van der Waals surface area contributed by atoms with Crippen molar-refractivity contribution in [3.05, 3.63) is 124 Å². The Morgan fingerprint density at radius 1 is 0.839 bits per heavy atom. The number of amides is 1. The summed E-state index contributed by atoms with van der Waals surface area (Å²) < 4.78 is 1.58. The Hall–Kier alpha value is -4.43. The van der Waals surface area contributed by atoms with Gasteiger partial charge >= 0.3 is 0 Å². The average molecular weight is 405 g/mol. The smallest absolute Gasteiger partial charge is 0.280 e. The number of hydrogen-bond acceptors (Lipinski definition) is 3. The number of aromatic nitrogens is 2. The molecule has 0 aliphatic rings. The number of hydrogen-bond donors (Lipinski definition) is 1. The molecule has 1 amide bonds. The van der Waals surface area contributed by atoms with Gasteiger partial charge in [0, 0.05) is 28.6 Å². The number of rotatable bonds is 3. The van der Waals surface area contributed by atoms with Crippen molar-refractivity contribution in [1.82, 2.24) is 9.78 Å². The highest BCUT2D eigenvalue weighted by molar-refractivity contribution is 6.02. The summed E-state index contributed by atoms with van der Waals surface area (Å²) in [5, 5.41) is 7.05. The number of benzene rings is 3. The Bertz CT molecular complexity index is 1350. The molecule has 0 unspecified atom stereocenters. The molecule has 0 spiro atoms. The number of nitrogens with one attached hydrogen (secondary N) is 1. The van der Waals surface area contributed by atoms with E-state index < -0.39 is 11.3 Å². The predicted molar refractivity (Wildman–Crippen MR) is 121 cm³/mol. The van der Waals surface area contributed by atoms with Gasteiger partial charge in [0.05, 0.1) is 5.69 Å². The van der Waals surface area contributed by atoms with Crippen LogP contribution in [0.3, 0.4) is 0 Å². The van der Waals surface area contributed by atoms with Crippen molar-refractivity contribution in [2.75, 3.05) is 5.32 Å². The van der Waals surface area contributed by atoms with Gasteiger partial charge < -0.3 is 5.32 Å². The molecule has 4 rings (SSSR count). The minimum Gasteiger partial charge on any atom is -0.320 e. The van der Waals surface area contributed by atoms with Gasteiger partial charge in [-0.15, -0.1) is 0 Å². The first-order valence-corrected chi connectivity index (χ1v) is 9.75. The maximum Gasteiger partial charge on any atom is 0.280 e. The quantitative estimate of drug-likeness (QED) is 0.520. The van der Waals surface area contributed by atoms with Gasteiger partial charge in [-0.1, -0.05) is 54.3 Å². The van der Waals surface area contributed by atoms with Crippen molar-refractivity contribution < 1.29 is 4.79 Å². The number of para-hydroxylation sites is 1. The minimum absolute atomic E-state index is 0.171. The lowest BCUT2D eigenvalue weighted by atomic mass is 10.1. The topological polar surface area (TPSA) is 64.0 Å². The molecule has 3 aromatic carbocycles. The van der Waals surface area contributed by atoms with Gasteiger partial charge in [-0.3, -0.25) is 9.59 Å². The lowest BCUT2D eigenvalue weighted by Crippen LogP contribution is -2.26. The van der Waals surface area contributed by atoms with Crippen LogP contribution in [-0.2, 0) is 0 Å². The molecule has 0 saturated heterocycles. The first-order chi connectivity index (χ1) is 15.1. The third-order valence-corrected chi connectivity index (χ3v) is 4.57. The summed E-state index contributed by atoms with van der Waals surface area (Å²) in [6.45, 7) is 1.78. The van der Waals surface area contributed by atoms with E-state index in [-0.39, 0.29) is 5.69 Å². The van der Waals surface area contributed by atoms with E-state index in [1.165, 1.54) is 6.07 Å². The molecule has 150 valence electrons. The van der Waals surface area contributed by atoms with Crippen molar-refractivity contribution in [2.24, 2.45) is 0 Å². The van der Waals surface area contributed by atoms with E-state index in [4.69, 9.17) is 0 Å². The standard InChI is InChI=1S/C26H19N3O2/c1-19-17-24(30)25(28-29(19)23-13-6-3-7-14-23)26(31)27-22-12-8-11-21(18-22)16-15-20-9-4-2-5-10-20/h2-14,17-18H,1H3,(H,27,31). The lowest BCUT2D eigenvalue weighted by Gasteiger charge is -2.11. The zero-order valence-corrected chi connectivity index (χ0v) is 16.9. The van der Waals surface area contributed by atoms with Crippen LogP contribution in [0.2, 0.25) is 0 Å². The second-order valence-electron chi connectivity index (χ2n) is 6.90. The molecule has 0 radical (unpaired) electrons. The SMILES string of the molecule is Cc1cc(=O)c(C(=O)Nc2cccc(C#Cc3ccccc3)c2)nn1-c1ccccc1. The first kappa shape index (κ1) is 19.9. The molecular weight excluding hydrogens is 386 g/mol. The summed E-state index contributed by atoms with van der Waals surface area (Å²) in [4.78, 5) is 25.2. The van der Waals surface area contributed by atoms with E-state index in [9.17, 15) is 9.59 Å². The minimum atomic E-state index is -0.567. The van der Waals surface area contributed by atoms with Crippen molar-refractivity contribution >= 4 is 11.6 Å². The molecule has 5 heteroatoms. The lowest BCUT2D eigenvalue weighted by molar-refractivity contribution is 0.101. The van der Waals surface area contributed by atoms with Gasteiger partial charge in [0.15, 0.2) is 5.69 Å². The second-order valence-corrected chi connectivity index (χ2v) is 6.90. The zero-order valence-electron chi connectivity index (χ0n) is 16.9. The Morgan fingerprint density at radius 2 is 1.48 bits per heavy atom. The molecule has 4 aromatic rings. The monoisotopic (exact) mass is 405 g/mol.